The fourth-order valence-electron chi connectivity index (χ4n) is 4.64. The average Bonchev–Trinajstić information content (AvgIpc) is 3.31. The summed E-state index contributed by atoms with van der Waals surface area (Å²) in [6.07, 6.45) is 1.81. The summed E-state index contributed by atoms with van der Waals surface area (Å²) >= 11 is 12.0. The molecule has 5 nitrogen and oxygen atoms in total. The van der Waals surface area contributed by atoms with Gasteiger partial charge in [0.05, 0.1) is 17.8 Å². The minimum absolute atomic E-state index is 0.106. The number of halogens is 1. The molecule has 1 fully saturated rings. The standard InChI is InChI=1S/C26H23ClN4OS/c1-16-15-22(17(2)30(16)19-10-12-21(32)13-11-19)25-24(23-5-3-4-14-28-23)29-26(33)31(25)20-8-6-18(27)7-9-20/h3-15,24-25,32H,1-2H3,(H,29,33)/t24-,25+/m1/s1. The van der Waals surface area contributed by atoms with E-state index in [-0.39, 0.29) is 17.8 Å². The van der Waals surface area contributed by atoms with E-state index in [0.717, 1.165) is 34.0 Å². The molecule has 166 valence electrons. The minimum atomic E-state index is -0.122. The molecule has 0 amide bonds. The molecule has 0 saturated carbocycles. The Morgan fingerprint density at radius 3 is 2.33 bits per heavy atom. The third kappa shape index (κ3) is 3.86. The van der Waals surface area contributed by atoms with Gasteiger partial charge in [-0.15, -0.1) is 0 Å². The van der Waals surface area contributed by atoms with Crippen molar-refractivity contribution in [2.75, 3.05) is 4.90 Å². The molecule has 0 radical (unpaired) electrons. The van der Waals surface area contributed by atoms with Gasteiger partial charge in [-0.2, -0.15) is 0 Å². The molecule has 2 N–H and O–H groups in total. The maximum absolute atomic E-state index is 9.74. The lowest BCUT2D eigenvalue weighted by atomic mass is 9.96. The zero-order valence-electron chi connectivity index (χ0n) is 18.2. The Balaban J connectivity index is 1.67. The van der Waals surface area contributed by atoms with E-state index in [9.17, 15) is 5.11 Å². The molecule has 1 saturated heterocycles. The van der Waals surface area contributed by atoms with Gasteiger partial charge in [0.2, 0.25) is 0 Å². The maximum Gasteiger partial charge on any atom is 0.174 e. The van der Waals surface area contributed by atoms with Crippen molar-refractivity contribution in [2.24, 2.45) is 0 Å². The number of thiocarbonyl (C=S) groups is 1. The summed E-state index contributed by atoms with van der Waals surface area (Å²) in [7, 11) is 0. The lowest BCUT2D eigenvalue weighted by Crippen LogP contribution is -2.29. The van der Waals surface area contributed by atoms with E-state index < -0.39 is 0 Å². The van der Waals surface area contributed by atoms with Crippen LogP contribution in [0.15, 0.2) is 79.0 Å². The van der Waals surface area contributed by atoms with Gasteiger partial charge >= 0.3 is 0 Å². The predicted molar refractivity (Wildman–Crippen MR) is 136 cm³/mol. The molecule has 2 atom stereocenters. The van der Waals surface area contributed by atoms with Crippen molar-refractivity contribution in [3.05, 3.63) is 107 Å². The summed E-state index contributed by atoms with van der Waals surface area (Å²) in [6.45, 7) is 4.21. The van der Waals surface area contributed by atoms with E-state index in [4.69, 9.17) is 23.8 Å². The molecule has 1 aliphatic heterocycles. The molecule has 33 heavy (non-hydrogen) atoms. The van der Waals surface area contributed by atoms with E-state index >= 15 is 0 Å². The first-order valence-corrected chi connectivity index (χ1v) is 11.5. The summed E-state index contributed by atoms with van der Waals surface area (Å²) in [6, 6.07) is 22.9. The number of aromatic hydroxyl groups is 1. The van der Waals surface area contributed by atoms with E-state index in [0.29, 0.717) is 10.1 Å². The second-order valence-electron chi connectivity index (χ2n) is 8.15. The molecule has 3 heterocycles. The third-order valence-electron chi connectivity index (χ3n) is 6.10. The van der Waals surface area contributed by atoms with Crippen LogP contribution in [0.25, 0.3) is 5.69 Å². The summed E-state index contributed by atoms with van der Waals surface area (Å²) < 4.78 is 2.20. The number of phenolic OH excluding ortho intramolecular Hbond substituents is 1. The SMILES string of the molecule is Cc1cc([C@H]2[C@@H](c3ccccn3)NC(=S)N2c2ccc(Cl)cc2)c(C)n1-c1ccc(O)cc1. The topological polar surface area (TPSA) is 53.3 Å². The average molecular weight is 475 g/mol. The van der Waals surface area contributed by atoms with E-state index in [1.54, 1.807) is 12.1 Å². The Kier molecular flexibility index (Phi) is 5.56. The van der Waals surface area contributed by atoms with Crippen molar-refractivity contribution in [3.63, 3.8) is 0 Å². The van der Waals surface area contributed by atoms with Gasteiger partial charge in [-0.25, -0.2) is 0 Å². The Hall–Kier alpha value is -3.35. The van der Waals surface area contributed by atoms with Crippen molar-refractivity contribution in [1.29, 1.82) is 0 Å². The second-order valence-corrected chi connectivity index (χ2v) is 8.97. The van der Waals surface area contributed by atoms with Crippen LogP contribution < -0.4 is 10.2 Å². The molecule has 0 unspecified atom stereocenters. The van der Waals surface area contributed by atoms with Gasteiger partial charge in [0.1, 0.15) is 5.75 Å². The van der Waals surface area contributed by atoms with Crippen LogP contribution in [0.4, 0.5) is 5.69 Å². The molecule has 7 heteroatoms. The molecule has 5 rings (SSSR count). The number of aromatic nitrogens is 2. The second kappa shape index (κ2) is 8.54. The Morgan fingerprint density at radius 2 is 1.67 bits per heavy atom. The number of nitrogens with one attached hydrogen (secondary N) is 1. The first-order valence-electron chi connectivity index (χ1n) is 10.7. The van der Waals surface area contributed by atoms with Crippen LogP contribution >= 0.6 is 23.8 Å². The molecule has 4 aromatic rings. The Labute approximate surface area is 203 Å². The summed E-state index contributed by atoms with van der Waals surface area (Å²) in [5, 5.41) is 14.6. The molecule has 2 aromatic carbocycles. The predicted octanol–water partition coefficient (Wildman–Crippen LogP) is 6.03. The van der Waals surface area contributed by atoms with Crippen LogP contribution in [0.2, 0.25) is 5.02 Å². The van der Waals surface area contributed by atoms with Crippen molar-refractivity contribution in [2.45, 2.75) is 25.9 Å². The highest BCUT2D eigenvalue weighted by molar-refractivity contribution is 7.80. The van der Waals surface area contributed by atoms with Crippen LogP contribution in [-0.2, 0) is 0 Å². The number of pyridine rings is 1. The molecular formula is C26H23ClN4OS. The van der Waals surface area contributed by atoms with E-state index in [1.807, 2.05) is 60.8 Å². The number of phenols is 1. The highest BCUT2D eigenvalue weighted by atomic mass is 35.5. The quantitative estimate of drug-likeness (QED) is 0.354. The van der Waals surface area contributed by atoms with Gasteiger partial charge in [0.15, 0.2) is 5.11 Å². The van der Waals surface area contributed by atoms with Crippen LogP contribution in [0.5, 0.6) is 5.75 Å². The van der Waals surface area contributed by atoms with Gasteiger partial charge in [0.25, 0.3) is 0 Å². The number of nitrogens with zero attached hydrogens (tertiary/aromatic N) is 3. The van der Waals surface area contributed by atoms with Crippen molar-refractivity contribution in [3.8, 4) is 11.4 Å². The first kappa shape index (κ1) is 21.5. The highest BCUT2D eigenvalue weighted by Gasteiger charge is 2.42. The first-order chi connectivity index (χ1) is 15.9. The van der Waals surface area contributed by atoms with Gasteiger partial charge in [-0.05, 0) is 98.4 Å². The molecule has 1 aliphatic rings. The molecule has 2 aromatic heterocycles. The highest BCUT2D eigenvalue weighted by Crippen LogP contribution is 2.43. The third-order valence-corrected chi connectivity index (χ3v) is 6.67. The molecule has 0 spiro atoms. The molecule has 0 bridgehead atoms. The van der Waals surface area contributed by atoms with Crippen molar-refractivity contribution < 1.29 is 5.11 Å². The lowest BCUT2D eigenvalue weighted by Gasteiger charge is -2.28. The van der Waals surface area contributed by atoms with Gasteiger partial charge in [-0.1, -0.05) is 17.7 Å². The minimum Gasteiger partial charge on any atom is -0.508 e. The number of hydrogen-bond donors (Lipinski definition) is 2. The smallest absolute Gasteiger partial charge is 0.174 e. The zero-order valence-corrected chi connectivity index (χ0v) is 19.8. The van der Waals surface area contributed by atoms with Crippen LogP contribution in [-0.4, -0.2) is 19.8 Å². The number of benzene rings is 2. The number of rotatable bonds is 4. The van der Waals surface area contributed by atoms with Crippen molar-refractivity contribution in [1.82, 2.24) is 14.9 Å². The normalized spacial score (nSPS) is 17.9. The fraction of sp³-hybridized carbons (Fsp3) is 0.154. The van der Waals surface area contributed by atoms with Crippen LogP contribution in [0, 0.1) is 13.8 Å². The van der Waals surface area contributed by atoms with E-state index in [2.05, 4.69) is 39.7 Å². The van der Waals surface area contributed by atoms with Gasteiger partial charge in [0, 0.05) is 34.0 Å². The lowest BCUT2D eigenvalue weighted by molar-refractivity contribution is 0.475. The maximum atomic E-state index is 9.74. The van der Waals surface area contributed by atoms with Crippen LogP contribution in [0.3, 0.4) is 0 Å². The fourth-order valence-corrected chi connectivity index (χ4v) is 5.11. The Morgan fingerprint density at radius 1 is 0.970 bits per heavy atom. The van der Waals surface area contributed by atoms with Crippen molar-refractivity contribution >= 4 is 34.6 Å². The number of aryl methyl sites for hydroxylation is 1. The zero-order chi connectivity index (χ0) is 23.1. The van der Waals surface area contributed by atoms with Gasteiger partial charge < -0.3 is 19.9 Å². The molecule has 0 aliphatic carbocycles. The number of anilines is 1. The molecular weight excluding hydrogens is 452 g/mol. The monoisotopic (exact) mass is 474 g/mol. The largest absolute Gasteiger partial charge is 0.508 e. The Bertz CT molecular complexity index is 1300. The summed E-state index contributed by atoms with van der Waals surface area (Å²) in [4.78, 5) is 6.78. The van der Waals surface area contributed by atoms with Crippen LogP contribution in [0.1, 0.15) is 34.7 Å². The van der Waals surface area contributed by atoms with E-state index in [1.165, 1.54) is 0 Å². The van der Waals surface area contributed by atoms with Gasteiger partial charge in [-0.3, -0.25) is 4.98 Å². The summed E-state index contributed by atoms with van der Waals surface area (Å²) in [5.74, 6) is 0.246. The number of hydrogen-bond acceptors (Lipinski definition) is 3. The summed E-state index contributed by atoms with van der Waals surface area (Å²) in [5.41, 5.74) is 6.25.